The molecule has 2 N–H and O–H groups in total. The van der Waals surface area contributed by atoms with E-state index in [1.807, 2.05) is 0 Å². The van der Waals surface area contributed by atoms with Gasteiger partial charge in [-0.25, -0.2) is 13.1 Å². The van der Waals surface area contributed by atoms with Crippen molar-refractivity contribution in [3.8, 4) is 17.6 Å². The molecule has 7 heteroatoms. The Kier molecular flexibility index (Phi) is 6.48. The van der Waals surface area contributed by atoms with E-state index >= 15 is 0 Å². The first-order valence-electron chi connectivity index (χ1n) is 5.81. The van der Waals surface area contributed by atoms with Crippen LogP contribution in [-0.4, -0.2) is 47.5 Å². The summed E-state index contributed by atoms with van der Waals surface area (Å²) in [5.41, 5.74) is 0.399. The van der Waals surface area contributed by atoms with Crippen LogP contribution in [0, 0.1) is 11.8 Å². The Morgan fingerprint density at radius 2 is 2.10 bits per heavy atom. The van der Waals surface area contributed by atoms with Crippen molar-refractivity contribution in [1.82, 2.24) is 4.72 Å². The zero-order valence-electron chi connectivity index (χ0n) is 11.3. The van der Waals surface area contributed by atoms with Gasteiger partial charge in [0.2, 0.25) is 10.0 Å². The van der Waals surface area contributed by atoms with Gasteiger partial charge in [0.1, 0.15) is 12.4 Å². The van der Waals surface area contributed by atoms with Crippen LogP contribution in [-0.2, 0) is 14.8 Å². The number of benzene rings is 1. The molecule has 0 unspecified atom stereocenters. The van der Waals surface area contributed by atoms with Crippen molar-refractivity contribution in [3.05, 3.63) is 23.8 Å². The second-order valence-corrected chi connectivity index (χ2v) is 5.48. The van der Waals surface area contributed by atoms with Gasteiger partial charge in [0.25, 0.3) is 0 Å². The van der Waals surface area contributed by atoms with Gasteiger partial charge < -0.3 is 14.6 Å². The molecular formula is C13H17NO5S. The number of sulfonamides is 1. The first-order chi connectivity index (χ1) is 9.55. The normalized spacial score (nSPS) is 10.8. The molecule has 0 heterocycles. The maximum atomic E-state index is 12.0. The first kappa shape index (κ1) is 16.5. The van der Waals surface area contributed by atoms with Crippen LogP contribution in [0.3, 0.4) is 0 Å². The number of nitrogens with one attached hydrogen (secondary N) is 1. The molecule has 6 nitrogen and oxygen atoms in total. The van der Waals surface area contributed by atoms with Crippen LogP contribution in [0.15, 0.2) is 23.1 Å². The molecule has 0 aliphatic heterocycles. The van der Waals surface area contributed by atoms with Crippen LogP contribution >= 0.6 is 0 Å². The zero-order chi connectivity index (χ0) is 15.0. The minimum atomic E-state index is -3.62. The zero-order valence-corrected chi connectivity index (χ0v) is 12.2. The maximum Gasteiger partial charge on any atom is 0.240 e. The Morgan fingerprint density at radius 1 is 1.35 bits per heavy atom. The van der Waals surface area contributed by atoms with Crippen molar-refractivity contribution in [2.24, 2.45) is 0 Å². The Labute approximate surface area is 118 Å². The molecule has 0 fully saturated rings. The summed E-state index contributed by atoms with van der Waals surface area (Å²) in [6, 6.07) is 4.35. The van der Waals surface area contributed by atoms with E-state index in [0.29, 0.717) is 11.3 Å². The summed E-state index contributed by atoms with van der Waals surface area (Å²) < 4.78 is 36.3. The number of rotatable bonds is 6. The van der Waals surface area contributed by atoms with Gasteiger partial charge in [-0.05, 0) is 18.2 Å². The lowest BCUT2D eigenvalue weighted by Gasteiger charge is -2.09. The molecule has 0 bridgehead atoms. The smallest absolute Gasteiger partial charge is 0.240 e. The summed E-state index contributed by atoms with van der Waals surface area (Å²) >= 11 is 0. The number of aliphatic hydroxyl groups is 1. The summed E-state index contributed by atoms with van der Waals surface area (Å²) in [6.45, 7) is 0.154. The van der Waals surface area contributed by atoms with Crippen LogP contribution in [0.4, 0.5) is 0 Å². The summed E-state index contributed by atoms with van der Waals surface area (Å²) in [5.74, 6) is 5.56. The van der Waals surface area contributed by atoms with Crippen molar-refractivity contribution in [1.29, 1.82) is 0 Å². The Hall–Kier alpha value is -1.59. The van der Waals surface area contributed by atoms with Crippen LogP contribution in [0.2, 0.25) is 0 Å². The monoisotopic (exact) mass is 299 g/mol. The third kappa shape index (κ3) is 4.51. The summed E-state index contributed by atoms with van der Waals surface area (Å²) in [5, 5.41) is 8.70. The second kappa shape index (κ2) is 7.87. The molecule has 1 aromatic carbocycles. The van der Waals surface area contributed by atoms with Crippen LogP contribution < -0.4 is 9.46 Å². The Balaban J connectivity index is 3.07. The lowest BCUT2D eigenvalue weighted by molar-refractivity contribution is 0.204. The highest BCUT2D eigenvalue weighted by atomic mass is 32.2. The highest BCUT2D eigenvalue weighted by Crippen LogP contribution is 2.21. The van der Waals surface area contributed by atoms with Gasteiger partial charge >= 0.3 is 0 Å². The van der Waals surface area contributed by atoms with Gasteiger partial charge in [0.05, 0.1) is 24.2 Å². The molecule has 0 radical (unpaired) electrons. The fraction of sp³-hybridized carbons (Fsp3) is 0.385. The van der Waals surface area contributed by atoms with Gasteiger partial charge in [0.15, 0.2) is 0 Å². The quantitative estimate of drug-likeness (QED) is 0.569. The number of ether oxygens (including phenoxy) is 2. The number of methoxy groups -OCH3 is 2. The van der Waals surface area contributed by atoms with Gasteiger partial charge in [-0.2, -0.15) is 0 Å². The summed E-state index contributed by atoms with van der Waals surface area (Å²) in [6.07, 6.45) is 0. The van der Waals surface area contributed by atoms with Crippen molar-refractivity contribution < 1.29 is 23.0 Å². The van der Waals surface area contributed by atoms with Crippen molar-refractivity contribution in [3.63, 3.8) is 0 Å². The highest BCUT2D eigenvalue weighted by Gasteiger charge is 2.15. The van der Waals surface area contributed by atoms with E-state index in [0.717, 1.165) is 0 Å². The Bertz CT molecular complexity index is 601. The van der Waals surface area contributed by atoms with Crippen molar-refractivity contribution >= 4 is 10.0 Å². The van der Waals surface area contributed by atoms with E-state index < -0.39 is 10.0 Å². The van der Waals surface area contributed by atoms with E-state index in [1.165, 1.54) is 32.4 Å². The molecular weight excluding hydrogens is 282 g/mol. The van der Waals surface area contributed by atoms with Gasteiger partial charge in [0, 0.05) is 13.7 Å². The van der Waals surface area contributed by atoms with Crippen molar-refractivity contribution in [2.45, 2.75) is 4.90 Å². The molecule has 0 atom stereocenters. The van der Waals surface area contributed by atoms with E-state index in [4.69, 9.17) is 14.6 Å². The average Bonchev–Trinajstić information content (AvgIpc) is 2.44. The Morgan fingerprint density at radius 3 is 2.70 bits per heavy atom. The predicted octanol–water partition coefficient (Wildman–Crippen LogP) is -0.0363. The molecule has 0 aliphatic rings. The molecule has 0 spiro atoms. The van der Waals surface area contributed by atoms with Gasteiger partial charge in [-0.3, -0.25) is 0 Å². The highest BCUT2D eigenvalue weighted by molar-refractivity contribution is 7.89. The number of aliphatic hydroxyl groups excluding tert-OH is 1. The molecule has 1 rings (SSSR count). The lowest BCUT2D eigenvalue weighted by Crippen LogP contribution is -2.27. The largest absolute Gasteiger partial charge is 0.495 e. The molecule has 0 amide bonds. The maximum absolute atomic E-state index is 12.0. The molecule has 1 aromatic rings. The molecule has 0 saturated carbocycles. The SMILES string of the molecule is COCCNS(=O)(=O)c1ccc(OC)c(C#CCO)c1. The van der Waals surface area contributed by atoms with E-state index in [2.05, 4.69) is 16.6 Å². The molecule has 0 saturated heterocycles. The summed E-state index contributed by atoms with van der Waals surface area (Å²) in [4.78, 5) is 0.0802. The fourth-order valence-electron chi connectivity index (χ4n) is 1.45. The second-order valence-electron chi connectivity index (χ2n) is 3.71. The predicted molar refractivity (Wildman–Crippen MR) is 74.0 cm³/mol. The van der Waals surface area contributed by atoms with E-state index in [-0.39, 0.29) is 24.7 Å². The fourth-order valence-corrected chi connectivity index (χ4v) is 2.49. The van der Waals surface area contributed by atoms with Crippen LogP contribution in [0.1, 0.15) is 5.56 Å². The number of hydrogen-bond acceptors (Lipinski definition) is 5. The minimum Gasteiger partial charge on any atom is -0.495 e. The molecule has 20 heavy (non-hydrogen) atoms. The van der Waals surface area contributed by atoms with E-state index in [9.17, 15) is 8.42 Å². The van der Waals surface area contributed by atoms with Gasteiger partial charge in [-0.15, -0.1) is 0 Å². The lowest BCUT2D eigenvalue weighted by atomic mass is 10.2. The summed E-state index contributed by atoms with van der Waals surface area (Å²) in [7, 11) is -0.668. The van der Waals surface area contributed by atoms with Gasteiger partial charge in [-0.1, -0.05) is 11.8 Å². The minimum absolute atomic E-state index is 0.0802. The standard InChI is InChI=1S/C13H17NO5S/c1-18-9-7-14-20(16,17)12-5-6-13(19-2)11(10-12)4-3-8-15/h5-6,10,14-15H,7-9H2,1-2H3. The number of hydrogen-bond donors (Lipinski definition) is 2. The third-order valence-corrected chi connectivity index (χ3v) is 3.84. The van der Waals surface area contributed by atoms with Crippen LogP contribution in [0.25, 0.3) is 0 Å². The van der Waals surface area contributed by atoms with E-state index in [1.54, 1.807) is 0 Å². The molecule has 110 valence electrons. The third-order valence-electron chi connectivity index (χ3n) is 2.38. The first-order valence-corrected chi connectivity index (χ1v) is 7.30. The molecule has 0 aliphatic carbocycles. The average molecular weight is 299 g/mol. The topological polar surface area (TPSA) is 84.9 Å². The van der Waals surface area contributed by atoms with Crippen molar-refractivity contribution in [2.75, 3.05) is 34.0 Å². The molecule has 0 aromatic heterocycles. The van der Waals surface area contributed by atoms with Crippen LogP contribution in [0.5, 0.6) is 5.75 Å².